The Bertz CT molecular complexity index is 341. The number of nitrogens with zero attached hydrogens (tertiary/aromatic N) is 2. The molecule has 1 aromatic heterocycles. The molecule has 0 saturated heterocycles. The molecule has 0 aliphatic heterocycles. The molecule has 0 amide bonds. The van der Waals surface area contributed by atoms with Gasteiger partial charge in [-0.1, -0.05) is 12.2 Å². The van der Waals surface area contributed by atoms with Crippen LogP contribution < -0.4 is 5.73 Å². The van der Waals surface area contributed by atoms with E-state index in [0.29, 0.717) is 11.7 Å². The minimum Gasteiger partial charge on any atom is -0.383 e. The van der Waals surface area contributed by atoms with E-state index >= 15 is 0 Å². The Balaban J connectivity index is 2.30. The third kappa shape index (κ3) is 1.65. The Hall–Kier alpha value is -1.09. The predicted octanol–water partition coefficient (Wildman–Crippen LogP) is 2.15. The second-order valence-corrected chi connectivity index (χ2v) is 3.46. The quantitative estimate of drug-likeness (QED) is 0.552. The standard InChI is InChI=1S/C9H10ClN3/c10-9-12-5-7(8(11)13-9)6-3-1-2-4-6/h1-2,5-6H,3-4H2,(H2,11,12,13). The summed E-state index contributed by atoms with van der Waals surface area (Å²) in [6.07, 6.45) is 8.07. The van der Waals surface area contributed by atoms with Crippen LogP contribution in [0.5, 0.6) is 0 Å². The lowest BCUT2D eigenvalue weighted by Gasteiger charge is -2.10. The van der Waals surface area contributed by atoms with Gasteiger partial charge in [-0.05, 0) is 30.4 Å². The van der Waals surface area contributed by atoms with Crippen LogP contribution >= 0.6 is 11.6 Å². The number of hydrogen-bond acceptors (Lipinski definition) is 3. The molecule has 0 bridgehead atoms. The molecule has 0 aromatic carbocycles. The minimum atomic E-state index is 0.215. The Morgan fingerprint density at radius 3 is 2.69 bits per heavy atom. The van der Waals surface area contributed by atoms with Gasteiger partial charge in [0.2, 0.25) is 5.28 Å². The van der Waals surface area contributed by atoms with Gasteiger partial charge in [-0.2, -0.15) is 0 Å². The van der Waals surface area contributed by atoms with Crippen molar-refractivity contribution in [1.82, 2.24) is 9.97 Å². The summed E-state index contributed by atoms with van der Waals surface area (Å²) in [7, 11) is 0. The molecule has 0 saturated carbocycles. The fourth-order valence-electron chi connectivity index (χ4n) is 1.57. The fraction of sp³-hybridized carbons (Fsp3) is 0.333. The summed E-state index contributed by atoms with van der Waals surface area (Å²) in [5.41, 5.74) is 6.75. The summed E-state index contributed by atoms with van der Waals surface area (Å²) in [5.74, 6) is 0.950. The zero-order valence-corrected chi connectivity index (χ0v) is 7.83. The number of nitrogens with two attached hydrogens (primary N) is 1. The highest BCUT2D eigenvalue weighted by Crippen LogP contribution is 2.31. The zero-order valence-electron chi connectivity index (χ0n) is 7.07. The van der Waals surface area contributed by atoms with E-state index in [1.807, 2.05) is 0 Å². The molecule has 0 unspecified atom stereocenters. The normalized spacial score (nSPS) is 16.7. The van der Waals surface area contributed by atoms with Gasteiger partial charge in [0.1, 0.15) is 5.82 Å². The van der Waals surface area contributed by atoms with Crippen LogP contribution in [0.3, 0.4) is 0 Å². The van der Waals surface area contributed by atoms with E-state index in [-0.39, 0.29) is 5.28 Å². The highest BCUT2D eigenvalue weighted by Gasteiger charge is 2.16. The number of halogens is 1. The van der Waals surface area contributed by atoms with Crippen LogP contribution in [0.4, 0.5) is 5.82 Å². The molecule has 0 spiro atoms. The van der Waals surface area contributed by atoms with Crippen molar-refractivity contribution in [2.75, 3.05) is 5.73 Å². The Morgan fingerprint density at radius 2 is 2.08 bits per heavy atom. The first kappa shape index (κ1) is 8.51. The van der Waals surface area contributed by atoms with Crippen molar-refractivity contribution in [2.24, 2.45) is 0 Å². The maximum atomic E-state index is 5.74. The molecule has 13 heavy (non-hydrogen) atoms. The van der Waals surface area contributed by atoms with Gasteiger partial charge in [-0.3, -0.25) is 0 Å². The van der Waals surface area contributed by atoms with E-state index in [9.17, 15) is 0 Å². The van der Waals surface area contributed by atoms with Crippen LogP contribution in [0.15, 0.2) is 18.3 Å². The van der Waals surface area contributed by atoms with Gasteiger partial charge in [-0.25, -0.2) is 9.97 Å². The lowest BCUT2D eigenvalue weighted by atomic mass is 9.99. The highest BCUT2D eigenvalue weighted by atomic mass is 35.5. The molecule has 68 valence electrons. The van der Waals surface area contributed by atoms with E-state index in [0.717, 1.165) is 18.4 Å². The number of aromatic nitrogens is 2. The minimum absolute atomic E-state index is 0.215. The fourth-order valence-corrected chi connectivity index (χ4v) is 1.71. The van der Waals surface area contributed by atoms with E-state index in [1.54, 1.807) is 6.20 Å². The molecular weight excluding hydrogens is 186 g/mol. The van der Waals surface area contributed by atoms with Crippen LogP contribution in [0, 0.1) is 0 Å². The van der Waals surface area contributed by atoms with E-state index in [4.69, 9.17) is 17.3 Å². The van der Waals surface area contributed by atoms with Crippen LogP contribution in [-0.2, 0) is 0 Å². The summed E-state index contributed by atoms with van der Waals surface area (Å²) in [6.45, 7) is 0. The lowest BCUT2D eigenvalue weighted by Crippen LogP contribution is -2.03. The molecule has 2 rings (SSSR count). The average Bonchev–Trinajstić information content (AvgIpc) is 2.56. The van der Waals surface area contributed by atoms with Gasteiger partial charge < -0.3 is 5.73 Å². The van der Waals surface area contributed by atoms with Gasteiger partial charge in [0, 0.05) is 11.8 Å². The Morgan fingerprint density at radius 1 is 1.38 bits per heavy atom. The van der Waals surface area contributed by atoms with Crippen molar-refractivity contribution < 1.29 is 0 Å². The first-order valence-electron chi connectivity index (χ1n) is 4.20. The number of anilines is 1. The molecule has 1 aliphatic rings. The topological polar surface area (TPSA) is 51.8 Å². The first-order valence-corrected chi connectivity index (χ1v) is 4.58. The predicted molar refractivity (Wildman–Crippen MR) is 52.6 cm³/mol. The van der Waals surface area contributed by atoms with Crippen molar-refractivity contribution in [1.29, 1.82) is 0 Å². The molecular formula is C9H10ClN3. The highest BCUT2D eigenvalue weighted by molar-refractivity contribution is 6.28. The second kappa shape index (κ2) is 3.34. The zero-order chi connectivity index (χ0) is 9.26. The molecule has 1 heterocycles. The van der Waals surface area contributed by atoms with Crippen LogP contribution in [0.25, 0.3) is 0 Å². The number of nitrogen functional groups attached to an aromatic ring is 1. The summed E-state index contributed by atoms with van der Waals surface area (Å²) >= 11 is 5.61. The summed E-state index contributed by atoms with van der Waals surface area (Å²) in [5, 5.41) is 0.215. The largest absolute Gasteiger partial charge is 0.383 e. The molecule has 0 fully saturated rings. The molecule has 0 atom stereocenters. The molecule has 1 aromatic rings. The summed E-state index contributed by atoms with van der Waals surface area (Å²) in [4.78, 5) is 7.85. The van der Waals surface area contributed by atoms with Gasteiger partial charge in [0.05, 0.1) is 0 Å². The Labute approximate surface area is 81.6 Å². The molecule has 3 nitrogen and oxygen atoms in total. The average molecular weight is 196 g/mol. The molecule has 4 heteroatoms. The van der Waals surface area contributed by atoms with Gasteiger partial charge in [-0.15, -0.1) is 0 Å². The number of hydrogen-bond donors (Lipinski definition) is 1. The molecule has 2 N–H and O–H groups in total. The van der Waals surface area contributed by atoms with Gasteiger partial charge >= 0.3 is 0 Å². The third-order valence-corrected chi connectivity index (χ3v) is 2.45. The van der Waals surface area contributed by atoms with E-state index in [2.05, 4.69) is 22.1 Å². The smallest absolute Gasteiger partial charge is 0.224 e. The van der Waals surface area contributed by atoms with Gasteiger partial charge in [0.15, 0.2) is 0 Å². The van der Waals surface area contributed by atoms with Gasteiger partial charge in [0.25, 0.3) is 0 Å². The summed E-state index contributed by atoms with van der Waals surface area (Å²) < 4.78 is 0. The number of allylic oxidation sites excluding steroid dienone is 2. The van der Waals surface area contributed by atoms with Crippen molar-refractivity contribution in [2.45, 2.75) is 18.8 Å². The maximum Gasteiger partial charge on any atom is 0.224 e. The molecule has 1 aliphatic carbocycles. The van der Waals surface area contributed by atoms with E-state index < -0.39 is 0 Å². The van der Waals surface area contributed by atoms with Crippen molar-refractivity contribution in [3.05, 3.63) is 29.2 Å². The maximum absolute atomic E-state index is 5.74. The Kier molecular flexibility index (Phi) is 2.19. The monoisotopic (exact) mass is 195 g/mol. The van der Waals surface area contributed by atoms with Crippen LogP contribution in [-0.4, -0.2) is 9.97 Å². The van der Waals surface area contributed by atoms with Crippen LogP contribution in [0.1, 0.15) is 24.3 Å². The van der Waals surface area contributed by atoms with Crippen molar-refractivity contribution >= 4 is 17.4 Å². The van der Waals surface area contributed by atoms with Crippen LogP contribution in [0.2, 0.25) is 5.28 Å². The van der Waals surface area contributed by atoms with E-state index in [1.165, 1.54) is 0 Å². The first-order chi connectivity index (χ1) is 6.27. The van der Waals surface area contributed by atoms with Crippen molar-refractivity contribution in [3.8, 4) is 0 Å². The SMILES string of the molecule is Nc1nc(Cl)ncc1C1CC=CC1. The molecule has 0 radical (unpaired) electrons. The lowest BCUT2D eigenvalue weighted by molar-refractivity contribution is 0.746. The van der Waals surface area contributed by atoms with Crippen molar-refractivity contribution in [3.63, 3.8) is 0 Å². The third-order valence-electron chi connectivity index (χ3n) is 2.27. The second-order valence-electron chi connectivity index (χ2n) is 3.12. The summed E-state index contributed by atoms with van der Waals surface area (Å²) in [6, 6.07) is 0. The number of rotatable bonds is 1.